The van der Waals surface area contributed by atoms with E-state index in [2.05, 4.69) is 17.6 Å². The van der Waals surface area contributed by atoms with Crippen LogP contribution in [-0.4, -0.2) is 25.5 Å². The minimum atomic E-state index is 0.0895. The Labute approximate surface area is 144 Å². The zero-order chi connectivity index (χ0) is 16.6. The molecule has 0 spiro atoms. The van der Waals surface area contributed by atoms with Gasteiger partial charge in [0, 0.05) is 0 Å². The fourth-order valence-electron chi connectivity index (χ4n) is 3.21. The zero-order valence-corrected chi connectivity index (χ0v) is 14.1. The van der Waals surface area contributed by atoms with Crippen LogP contribution in [0.25, 0.3) is 0 Å². The number of hydrogen-bond donors (Lipinski definition) is 2. The highest BCUT2D eigenvalue weighted by molar-refractivity contribution is 5.78. The summed E-state index contributed by atoms with van der Waals surface area (Å²) in [7, 11) is 0. The molecule has 0 radical (unpaired) electrons. The number of nitrogens with one attached hydrogen (secondary N) is 2. The average Bonchev–Trinajstić information content (AvgIpc) is 2.63. The van der Waals surface area contributed by atoms with Crippen molar-refractivity contribution in [3.8, 4) is 0 Å². The van der Waals surface area contributed by atoms with Crippen LogP contribution in [0.2, 0.25) is 0 Å². The Hall–Kier alpha value is -2.33. The molecule has 0 atom stereocenters. The van der Waals surface area contributed by atoms with Gasteiger partial charge >= 0.3 is 0 Å². The molecule has 4 heteroatoms. The van der Waals surface area contributed by atoms with E-state index in [1.165, 1.54) is 29.7 Å². The smallest absolute Gasteiger partial charge is 0.293 e. The van der Waals surface area contributed by atoms with Gasteiger partial charge in [-0.25, -0.2) is 0 Å². The summed E-state index contributed by atoms with van der Waals surface area (Å²) < 4.78 is 0. The maximum atomic E-state index is 12.5. The summed E-state index contributed by atoms with van der Waals surface area (Å²) in [4.78, 5) is 13.9. The Bertz CT molecular complexity index is 624. The van der Waals surface area contributed by atoms with E-state index in [9.17, 15) is 4.79 Å². The lowest BCUT2D eigenvalue weighted by Gasteiger charge is -2.28. The van der Waals surface area contributed by atoms with Gasteiger partial charge in [0.1, 0.15) is 0 Å². The molecule has 24 heavy (non-hydrogen) atoms. The SMILES string of the molecule is O=C(C[NH+]1CCCCC1)NN(Cc1ccccc1)c1ccccc1. The number of carbonyl (C=O) groups is 1. The summed E-state index contributed by atoms with van der Waals surface area (Å²) in [5, 5.41) is 1.95. The Morgan fingerprint density at radius 2 is 1.54 bits per heavy atom. The number of quaternary nitrogens is 1. The fraction of sp³-hybridized carbons (Fsp3) is 0.350. The molecule has 1 aliphatic heterocycles. The molecule has 2 N–H and O–H groups in total. The molecule has 0 aliphatic carbocycles. The van der Waals surface area contributed by atoms with E-state index >= 15 is 0 Å². The lowest BCUT2D eigenvalue weighted by atomic mass is 10.1. The Balaban J connectivity index is 1.66. The number of piperidine rings is 1. The van der Waals surface area contributed by atoms with Crippen molar-refractivity contribution in [1.29, 1.82) is 0 Å². The lowest BCUT2D eigenvalue weighted by Crippen LogP contribution is -3.14. The molecule has 2 aromatic rings. The van der Waals surface area contributed by atoms with Gasteiger partial charge in [0.25, 0.3) is 5.91 Å². The number of nitrogens with zero attached hydrogens (tertiary/aromatic N) is 1. The number of benzene rings is 2. The van der Waals surface area contributed by atoms with Crippen molar-refractivity contribution >= 4 is 11.6 Å². The van der Waals surface area contributed by atoms with Gasteiger partial charge in [0.2, 0.25) is 0 Å². The monoisotopic (exact) mass is 324 g/mol. The minimum Gasteiger partial charge on any atom is -0.327 e. The standard InChI is InChI=1S/C20H25N3O/c24-20(17-22-14-8-3-9-15-22)21-23(19-12-6-2-7-13-19)16-18-10-4-1-5-11-18/h1-2,4-7,10-13H,3,8-9,14-17H2,(H,21,24)/p+1. The van der Waals surface area contributed by atoms with Crippen LogP contribution in [0.3, 0.4) is 0 Å². The molecule has 1 aliphatic rings. The van der Waals surface area contributed by atoms with Crippen molar-refractivity contribution in [3.05, 3.63) is 66.2 Å². The Morgan fingerprint density at radius 1 is 0.917 bits per heavy atom. The van der Waals surface area contributed by atoms with Gasteiger partial charge in [0.15, 0.2) is 6.54 Å². The van der Waals surface area contributed by atoms with E-state index < -0.39 is 0 Å². The van der Waals surface area contributed by atoms with E-state index in [4.69, 9.17) is 0 Å². The molecule has 2 aromatic carbocycles. The second kappa shape index (κ2) is 8.50. The predicted molar refractivity (Wildman–Crippen MR) is 96.6 cm³/mol. The summed E-state index contributed by atoms with van der Waals surface area (Å²) in [5.74, 6) is 0.0895. The first-order valence-electron chi connectivity index (χ1n) is 8.81. The van der Waals surface area contributed by atoms with Crippen molar-refractivity contribution in [2.45, 2.75) is 25.8 Å². The van der Waals surface area contributed by atoms with Gasteiger partial charge in [-0.15, -0.1) is 0 Å². The quantitative estimate of drug-likeness (QED) is 0.795. The van der Waals surface area contributed by atoms with Crippen LogP contribution < -0.4 is 15.3 Å². The van der Waals surface area contributed by atoms with Gasteiger partial charge in [-0.3, -0.25) is 15.2 Å². The van der Waals surface area contributed by atoms with E-state index in [1.807, 2.05) is 53.5 Å². The van der Waals surface area contributed by atoms with Crippen LogP contribution in [0.4, 0.5) is 5.69 Å². The summed E-state index contributed by atoms with van der Waals surface area (Å²) in [6.07, 6.45) is 3.76. The maximum Gasteiger partial charge on any atom is 0.293 e. The molecular formula is C20H26N3O+. The van der Waals surface area contributed by atoms with Gasteiger partial charge in [-0.2, -0.15) is 0 Å². The van der Waals surface area contributed by atoms with Crippen LogP contribution in [0, 0.1) is 0 Å². The Morgan fingerprint density at radius 3 is 2.21 bits per heavy atom. The van der Waals surface area contributed by atoms with Crippen molar-refractivity contribution < 1.29 is 9.69 Å². The number of hydrazine groups is 1. The number of hydrogen-bond acceptors (Lipinski definition) is 2. The van der Waals surface area contributed by atoms with Crippen LogP contribution >= 0.6 is 0 Å². The molecule has 4 nitrogen and oxygen atoms in total. The number of amides is 1. The van der Waals surface area contributed by atoms with Gasteiger partial charge in [0.05, 0.1) is 25.3 Å². The second-order valence-electron chi connectivity index (χ2n) is 6.43. The molecule has 1 heterocycles. The molecule has 3 rings (SSSR count). The van der Waals surface area contributed by atoms with Gasteiger partial charge in [-0.05, 0) is 37.0 Å². The highest BCUT2D eigenvalue weighted by atomic mass is 16.2. The molecule has 126 valence electrons. The number of rotatable bonds is 6. The van der Waals surface area contributed by atoms with E-state index in [0.29, 0.717) is 13.1 Å². The number of anilines is 1. The first kappa shape index (κ1) is 16.5. The summed E-state index contributed by atoms with van der Waals surface area (Å²) in [6.45, 7) is 3.43. The first-order chi connectivity index (χ1) is 11.8. The molecule has 1 saturated heterocycles. The molecule has 0 saturated carbocycles. The summed E-state index contributed by atoms with van der Waals surface area (Å²) >= 11 is 0. The van der Waals surface area contributed by atoms with E-state index in [0.717, 1.165) is 18.8 Å². The highest BCUT2D eigenvalue weighted by Gasteiger charge is 2.19. The van der Waals surface area contributed by atoms with Crippen molar-refractivity contribution in [2.24, 2.45) is 0 Å². The third-order valence-corrected chi connectivity index (χ3v) is 4.48. The first-order valence-corrected chi connectivity index (χ1v) is 8.81. The zero-order valence-electron chi connectivity index (χ0n) is 14.1. The molecule has 0 aromatic heterocycles. The molecule has 1 amide bonds. The molecule has 1 fully saturated rings. The van der Waals surface area contributed by atoms with E-state index in [1.54, 1.807) is 0 Å². The summed E-state index contributed by atoms with van der Waals surface area (Å²) in [5.41, 5.74) is 5.28. The highest BCUT2D eigenvalue weighted by Crippen LogP contribution is 2.14. The van der Waals surface area contributed by atoms with Crippen LogP contribution in [0.1, 0.15) is 24.8 Å². The third-order valence-electron chi connectivity index (χ3n) is 4.48. The minimum absolute atomic E-state index is 0.0895. The molecule has 0 bridgehead atoms. The van der Waals surface area contributed by atoms with Crippen LogP contribution in [-0.2, 0) is 11.3 Å². The lowest BCUT2D eigenvalue weighted by molar-refractivity contribution is -0.896. The van der Waals surface area contributed by atoms with Crippen molar-refractivity contribution in [3.63, 3.8) is 0 Å². The second-order valence-corrected chi connectivity index (χ2v) is 6.43. The summed E-state index contributed by atoms with van der Waals surface area (Å²) in [6, 6.07) is 20.3. The predicted octanol–water partition coefficient (Wildman–Crippen LogP) is 1.79. The van der Waals surface area contributed by atoms with Crippen molar-refractivity contribution in [2.75, 3.05) is 24.6 Å². The number of carbonyl (C=O) groups excluding carboxylic acids is 1. The number of likely N-dealkylation sites (tertiary alicyclic amines) is 1. The normalized spacial score (nSPS) is 15.0. The Kier molecular flexibility index (Phi) is 5.85. The molecular weight excluding hydrogens is 298 g/mol. The van der Waals surface area contributed by atoms with Gasteiger partial charge < -0.3 is 4.90 Å². The maximum absolute atomic E-state index is 12.5. The van der Waals surface area contributed by atoms with Gasteiger partial charge in [-0.1, -0.05) is 48.5 Å². The fourth-order valence-corrected chi connectivity index (χ4v) is 3.21. The van der Waals surface area contributed by atoms with Crippen LogP contribution in [0.5, 0.6) is 0 Å². The largest absolute Gasteiger partial charge is 0.327 e. The third kappa shape index (κ3) is 4.83. The molecule has 0 unspecified atom stereocenters. The van der Waals surface area contributed by atoms with Crippen LogP contribution in [0.15, 0.2) is 60.7 Å². The number of para-hydroxylation sites is 1. The van der Waals surface area contributed by atoms with E-state index in [-0.39, 0.29) is 5.91 Å². The average molecular weight is 324 g/mol. The topological polar surface area (TPSA) is 36.8 Å². The van der Waals surface area contributed by atoms with Crippen molar-refractivity contribution in [1.82, 2.24) is 5.43 Å².